The molecule has 2 aromatic carbocycles. The Labute approximate surface area is 135 Å². The van der Waals surface area contributed by atoms with E-state index in [1.54, 1.807) is 12.1 Å². The zero-order valence-electron chi connectivity index (χ0n) is 13.2. The molecular weight excluding hydrogens is 291 g/mol. The van der Waals surface area contributed by atoms with Gasteiger partial charge < -0.3 is 9.67 Å². The molecule has 1 heterocycles. The molecule has 3 nitrogen and oxygen atoms in total. The number of halogens is 1. The molecule has 0 amide bonds. The molecule has 0 bridgehead atoms. The third-order valence-corrected chi connectivity index (χ3v) is 4.10. The predicted octanol–water partition coefficient (Wildman–Crippen LogP) is 4.25. The first-order valence-corrected chi connectivity index (χ1v) is 8.06. The van der Waals surface area contributed by atoms with Crippen molar-refractivity contribution in [1.82, 2.24) is 9.55 Å². The average Bonchev–Trinajstić information content (AvgIpc) is 2.91. The number of rotatable bonds is 6. The van der Waals surface area contributed by atoms with Gasteiger partial charge in [-0.1, -0.05) is 37.6 Å². The number of aromatic nitrogens is 2. The van der Waals surface area contributed by atoms with E-state index in [1.165, 1.54) is 12.1 Å². The first-order chi connectivity index (χ1) is 11.2. The molecule has 0 saturated heterocycles. The highest BCUT2D eigenvalue weighted by Gasteiger charge is 2.15. The number of hydrogen-bond donors (Lipinski definition) is 1. The molecule has 4 heteroatoms. The first kappa shape index (κ1) is 15.7. The van der Waals surface area contributed by atoms with Crippen molar-refractivity contribution in [2.24, 2.45) is 0 Å². The molecule has 0 radical (unpaired) electrons. The fraction of sp³-hybridized carbons (Fsp3) is 0.316. The number of imidazole rings is 1. The molecule has 1 N–H and O–H groups in total. The molecule has 3 aromatic rings. The van der Waals surface area contributed by atoms with Crippen LogP contribution in [0.25, 0.3) is 11.0 Å². The first-order valence-electron chi connectivity index (χ1n) is 8.06. The van der Waals surface area contributed by atoms with Gasteiger partial charge in [-0.3, -0.25) is 0 Å². The Morgan fingerprint density at radius 1 is 1.13 bits per heavy atom. The van der Waals surface area contributed by atoms with Crippen LogP contribution in [0.1, 0.15) is 37.3 Å². The second kappa shape index (κ2) is 6.92. The van der Waals surface area contributed by atoms with Crippen molar-refractivity contribution >= 4 is 11.0 Å². The lowest BCUT2D eigenvalue weighted by atomic mass is 10.1. The van der Waals surface area contributed by atoms with Crippen LogP contribution in [0.5, 0.6) is 0 Å². The standard InChI is InChI=1S/C19H21FN2O/c1-2-3-8-19-21-16-6-4-5-7-17(16)22(19)13-18(23)14-9-11-15(20)12-10-14/h4-7,9-12,18,23H,2-3,8,13H2,1H3. The van der Waals surface area contributed by atoms with Crippen LogP contribution in [0.15, 0.2) is 48.5 Å². The van der Waals surface area contributed by atoms with Gasteiger partial charge in [0, 0.05) is 6.42 Å². The summed E-state index contributed by atoms with van der Waals surface area (Å²) in [5.74, 6) is 0.701. The number of aliphatic hydroxyl groups excluding tert-OH is 1. The molecular formula is C19H21FN2O. The predicted molar refractivity (Wildman–Crippen MR) is 89.7 cm³/mol. The maximum absolute atomic E-state index is 13.0. The van der Waals surface area contributed by atoms with Crippen molar-refractivity contribution < 1.29 is 9.50 Å². The monoisotopic (exact) mass is 312 g/mol. The van der Waals surface area contributed by atoms with Crippen molar-refractivity contribution in [2.45, 2.75) is 38.8 Å². The van der Waals surface area contributed by atoms with Crippen LogP contribution < -0.4 is 0 Å². The van der Waals surface area contributed by atoms with E-state index in [4.69, 9.17) is 4.98 Å². The molecule has 0 saturated carbocycles. The number of unbranched alkanes of at least 4 members (excludes halogenated alkanes) is 1. The van der Waals surface area contributed by atoms with Crippen LogP contribution in [-0.2, 0) is 13.0 Å². The minimum Gasteiger partial charge on any atom is -0.387 e. The Kier molecular flexibility index (Phi) is 4.72. The highest BCUT2D eigenvalue weighted by atomic mass is 19.1. The van der Waals surface area contributed by atoms with Crippen LogP contribution in [-0.4, -0.2) is 14.7 Å². The lowest BCUT2D eigenvalue weighted by Crippen LogP contribution is -2.12. The van der Waals surface area contributed by atoms with Crippen LogP contribution in [0.2, 0.25) is 0 Å². The topological polar surface area (TPSA) is 38.0 Å². The smallest absolute Gasteiger partial charge is 0.123 e. The molecule has 120 valence electrons. The van der Waals surface area contributed by atoms with E-state index in [9.17, 15) is 9.50 Å². The normalized spacial score (nSPS) is 12.7. The van der Waals surface area contributed by atoms with Crippen LogP contribution >= 0.6 is 0 Å². The van der Waals surface area contributed by atoms with E-state index >= 15 is 0 Å². The molecule has 1 unspecified atom stereocenters. The van der Waals surface area contributed by atoms with Crippen molar-refractivity contribution in [3.63, 3.8) is 0 Å². The fourth-order valence-electron chi connectivity index (χ4n) is 2.82. The Morgan fingerprint density at radius 3 is 2.61 bits per heavy atom. The molecule has 0 aliphatic rings. The average molecular weight is 312 g/mol. The Bertz CT molecular complexity index is 780. The van der Waals surface area contributed by atoms with Crippen molar-refractivity contribution in [1.29, 1.82) is 0 Å². The summed E-state index contributed by atoms with van der Waals surface area (Å²) in [6.07, 6.45) is 2.37. The van der Waals surface area contributed by atoms with Gasteiger partial charge in [0.1, 0.15) is 11.6 Å². The van der Waals surface area contributed by atoms with E-state index in [1.807, 2.05) is 24.3 Å². The van der Waals surface area contributed by atoms with E-state index in [0.717, 1.165) is 36.1 Å². The zero-order valence-corrected chi connectivity index (χ0v) is 13.2. The highest BCUT2D eigenvalue weighted by Crippen LogP contribution is 2.22. The SMILES string of the molecule is CCCCc1nc2ccccc2n1CC(O)c1ccc(F)cc1. The van der Waals surface area contributed by atoms with Crippen LogP contribution in [0.4, 0.5) is 4.39 Å². The van der Waals surface area contributed by atoms with E-state index < -0.39 is 6.10 Å². The lowest BCUT2D eigenvalue weighted by Gasteiger charge is -2.15. The zero-order chi connectivity index (χ0) is 16.2. The van der Waals surface area contributed by atoms with E-state index in [2.05, 4.69) is 11.5 Å². The molecule has 0 fully saturated rings. The molecule has 3 rings (SSSR count). The summed E-state index contributed by atoms with van der Waals surface area (Å²) < 4.78 is 15.1. The Morgan fingerprint density at radius 2 is 1.87 bits per heavy atom. The molecule has 23 heavy (non-hydrogen) atoms. The minimum atomic E-state index is -0.686. The summed E-state index contributed by atoms with van der Waals surface area (Å²) in [5.41, 5.74) is 2.69. The molecule has 1 atom stereocenters. The fourth-order valence-corrected chi connectivity index (χ4v) is 2.82. The third-order valence-electron chi connectivity index (χ3n) is 4.10. The summed E-state index contributed by atoms with van der Waals surface area (Å²) in [7, 11) is 0. The quantitative estimate of drug-likeness (QED) is 0.739. The molecule has 0 aliphatic heterocycles. The van der Waals surface area contributed by atoms with E-state index in [-0.39, 0.29) is 5.82 Å². The molecule has 0 spiro atoms. The largest absolute Gasteiger partial charge is 0.387 e. The number of nitrogens with zero attached hydrogens (tertiary/aromatic N) is 2. The van der Waals surface area contributed by atoms with Crippen molar-refractivity contribution in [3.05, 3.63) is 65.7 Å². The second-order valence-corrected chi connectivity index (χ2v) is 5.80. The van der Waals surface area contributed by atoms with Gasteiger partial charge >= 0.3 is 0 Å². The van der Waals surface area contributed by atoms with Gasteiger partial charge in [-0.15, -0.1) is 0 Å². The van der Waals surface area contributed by atoms with Gasteiger partial charge in [0.05, 0.1) is 23.7 Å². The minimum absolute atomic E-state index is 0.294. The summed E-state index contributed by atoms with van der Waals surface area (Å²) in [6.45, 7) is 2.57. The van der Waals surface area contributed by atoms with Gasteiger partial charge in [-0.2, -0.15) is 0 Å². The second-order valence-electron chi connectivity index (χ2n) is 5.80. The molecule has 0 aliphatic carbocycles. The number of para-hydroxylation sites is 2. The number of aryl methyl sites for hydroxylation is 1. The summed E-state index contributed by atoms with van der Waals surface area (Å²) in [4.78, 5) is 4.70. The summed E-state index contributed by atoms with van der Waals surface area (Å²) in [6, 6.07) is 14.0. The van der Waals surface area contributed by atoms with Gasteiger partial charge in [0.2, 0.25) is 0 Å². The van der Waals surface area contributed by atoms with Gasteiger partial charge in [0.25, 0.3) is 0 Å². The maximum Gasteiger partial charge on any atom is 0.123 e. The Balaban J connectivity index is 1.92. The number of benzene rings is 2. The maximum atomic E-state index is 13.0. The highest BCUT2D eigenvalue weighted by molar-refractivity contribution is 5.75. The van der Waals surface area contributed by atoms with Crippen LogP contribution in [0.3, 0.4) is 0 Å². The van der Waals surface area contributed by atoms with Gasteiger partial charge in [0.15, 0.2) is 0 Å². The summed E-state index contributed by atoms with van der Waals surface area (Å²) >= 11 is 0. The van der Waals surface area contributed by atoms with E-state index in [0.29, 0.717) is 12.1 Å². The van der Waals surface area contributed by atoms with Crippen molar-refractivity contribution in [3.8, 4) is 0 Å². The third kappa shape index (κ3) is 3.42. The van der Waals surface area contributed by atoms with Gasteiger partial charge in [-0.25, -0.2) is 9.37 Å². The number of aliphatic hydroxyl groups is 1. The number of hydrogen-bond acceptors (Lipinski definition) is 2. The Hall–Kier alpha value is -2.20. The van der Waals surface area contributed by atoms with Crippen molar-refractivity contribution in [2.75, 3.05) is 0 Å². The number of fused-ring (bicyclic) bond motifs is 1. The molecule has 1 aromatic heterocycles. The van der Waals surface area contributed by atoms with Gasteiger partial charge in [-0.05, 0) is 36.2 Å². The lowest BCUT2D eigenvalue weighted by molar-refractivity contribution is 0.156. The van der Waals surface area contributed by atoms with Crippen LogP contribution in [0, 0.1) is 5.82 Å². The summed E-state index contributed by atoms with van der Waals surface area (Å²) in [5, 5.41) is 10.5.